The highest BCUT2D eigenvalue weighted by Crippen LogP contribution is 2.23. The van der Waals surface area contributed by atoms with Crippen molar-refractivity contribution in [3.63, 3.8) is 0 Å². The molecule has 1 aromatic carbocycles. The standard InChI is InChI=1S/C11H14ClN3O3S/c12-10-5-9(2-1-8(10)6-13)19(17,18)15-4-3-14-11(16)7-15/h1-2,5H,3-4,6-7,13H2,(H,14,16). The minimum atomic E-state index is -3.70. The molecule has 0 atom stereocenters. The molecule has 1 amide bonds. The second-order valence-electron chi connectivity index (χ2n) is 4.15. The first-order valence-electron chi connectivity index (χ1n) is 5.70. The molecule has 0 saturated carbocycles. The van der Waals surface area contributed by atoms with Gasteiger partial charge in [0.05, 0.1) is 11.4 Å². The molecule has 2 rings (SSSR count). The average Bonchev–Trinajstić information content (AvgIpc) is 2.38. The van der Waals surface area contributed by atoms with Gasteiger partial charge >= 0.3 is 0 Å². The van der Waals surface area contributed by atoms with Gasteiger partial charge in [-0.2, -0.15) is 4.31 Å². The maximum Gasteiger partial charge on any atom is 0.243 e. The van der Waals surface area contributed by atoms with Gasteiger partial charge in [-0.15, -0.1) is 0 Å². The predicted octanol–water partition coefficient (Wildman–Crippen LogP) is -0.0808. The van der Waals surface area contributed by atoms with Gasteiger partial charge in [0.15, 0.2) is 0 Å². The van der Waals surface area contributed by atoms with Crippen LogP contribution in [-0.2, 0) is 21.4 Å². The Morgan fingerprint density at radius 1 is 1.42 bits per heavy atom. The van der Waals surface area contributed by atoms with E-state index in [9.17, 15) is 13.2 Å². The summed E-state index contributed by atoms with van der Waals surface area (Å²) in [6, 6.07) is 4.40. The van der Waals surface area contributed by atoms with Gasteiger partial charge < -0.3 is 11.1 Å². The monoisotopic (exact) mass is 303 g/mol. The van der Waals surface area contributed by atoms with E-state index in [0.29, 0.717) is 17.1 Å². The second-order valence-corrected chi connectivity index (χ2v) is 6.49. The van der Waals surface area contributed by atoms with Crippen molar-refractivity contribution in [1.82, 2.24) is 9.62 Å². The molecular weight excluding hydrogens is 290 g/mol. The first kappa shape index (κ1) is 14.3. The molecule has 0 aromatic heterocycles. The lowest BCUT2D eigenvalue weighted by atomic mass is 10.2. The van der Waals surface area contributed by atoms with Gasteiger partial charge in [0, 0.05) is 24.7 Å². The number of nitrogens with two attached hydrogens (primary N) is 1. The summed E-state index contributed by atoms with van der Waals surface area (Å²) >= 11 is 5.96. The third-order valence-electron chi connectivity index (χ3n) is 2.89. The van der Waals surface area contributed by atoms with Crippen LogP contribution in [0.25, 0.3) is 0 Å². The van der Waals surface area contributed by atoms with Crippen LogP contribution in [0.4, 0.5) is 0 Å². The average molecular weight is 304 g/mol. The van der Waals surface area contributed by atoms with Gasteiger partial charge in [0.2, 0.25) is 15.9 Å². The molecule has 0 aliphatic carbocycles. The van der Waals surface area contributed by atoms with Gasteiger partial charge in [0.1, 0.15) is 0 Å². The number of sulfonamides is 1. The zero-order valence-corrected chi connectivity index (χ0v) is 11.7. The number of hydrogen-bond donors (Lipinski definition) is 2. The molecule has 19 heavy (non-hydrogen) atoms. The molecule has 0 unspecified atom stereocenters. The van der Waals surface area contributed by atoms with Crippen molar-refractivity contribution in [3.05, 3.63) is 28.8 Å². The summed E-state index contributed by atoms with van der Waals surface area (Å²) in [5.74, 6) is -0.306. The highest BCUT2D eigenvalue weighted by Gasteiger charge is 2.29. The topological polar surface area (TPSA) is 92.5 Å². The van der Waals surface area contributed by atoms with Crippen LogP contribution in [0.2, 0.25) is 5.02 Å². The SMILES string of the molecule is NCc1ccc(S(=O)(=O)N2CCNC(=O)C2)cc1Cl. The molecule has 6 nitrogen and oxygen atoms in total. The fraction of sp³-hybridized carbons (Fsp3) is 0.364. The first-order chi connectivity index (χ1) is 8.95. The van der Waals surface area contributed by atoms with E-state index < -0.39 is 10.0 Å². The molecule has 1 aliphatic rings. The molecule has 1 fully saturated rings. The van der Waals surface area contributed by atoms with Crippen LogP contribution in [-0.4, -0.2) is 38.3 Å². The lowest BCUT2D eigenvalue weighted by molar-refractivity contribution is -0.122. The van der Waals surface area contributed by atoms with Crippen LogP contribution >= 0.6 is 11.6 Å². The Balaban J connectivity index is 2.33. The third kappa shape index (κ3) is 2.89. The quantitative estimate of drug-likeness (QED) is 0.817. The molecule has 1 aromatic rings. The number of carbonyl (C=O) groups is 1. The van der Waals surface area contributed by atoms with Gasteiger partial charge in [-0.25, -0.2) is 8.42 Å². The van der Waals surface area contributed by atoms with E-state index >= 15 is 0 Å². The van der Waals surface area contributed by atoms with Crippen LogP contribution < -0.4 is 11.1 Å². The predicted molar refractivity (Wildman–Crippen MR) is 71.1 cm³/mol. The number of halogens is 1. The van der Waals surface area contributed by atoms with E-state index in [2.05, 4.69) is 5.32 Å². The largest absolute Gasteiger partial charge is 0.354 e. The Hall–Kier alpha value is -1.15. The van der Waals surface area contributed by atoms with Gasteiger partial charge in [-0.05, 0) is 17.7 Å². The zero-order chi connectivity index (χ0) is 14.0. The summed E-state index contributed by atoms with van der Waals surface area (Å²) < 4.78 is 25.8. The minimum Gasteiger partial charge on any atom is -0.354 e. The number of nitrogens with zero attached hydrogens (tertiary/aromatic N) is 1. The number of benzene rings is 1. The Morgan fingerprint density at radius 2 is 2.16 bits per heavy atom. The lowest BCUT2D eigenvalue weighted by Gasteiger charge is -2.26. The summed E-state index contributed by atoms with van der Waals surface area (Å²) in [6.45, 7) is 0.640. The van der Waals surface area contributed by atoms with Crippen LogP contribution in [0, 0.1) is 0 Å². The molecule has 8 heteroatoms. The van der Waals surface area contributed by atoms with Crippen molar-refractivity contribution in [1.29, 1.82) is 0 Å². The molecule has 3 N–H and O–H groups in total. The van der Waals surface area contributed by atoms with Crippen LogP contribution in [0.3, 0.4) is 0 Å². The molecule has 0 bridgehead atoms. The van der Waals surface area contributed by atoms with Crippen molar-refractivity contribution in [2.45, 2.75) is 11.4 Å². The molecular formula is C11H14ClN3O3S. The Morgan fingerprint density at radius 3 is 2.74 bits per heavy atom. The van der Waals surface area contributed by atoms with E-state index in [1.165, 1.54) is 12.1 Å². The number of hydrogen-bond acceptors (Lipinski definition) is 4. The van der Waals surface area contributed by atoms with Crippen molar-refractivity contribution in [3.8, 4) is 0 Å². The van der Waals surface area contributed by atoms with Crippen LogP contribution in [0.1, 0.15) is 5.56 Å². The van der Waals surface area contributed by atoms with Crippen molar-refractivity contribution < 1.29 is 13.2 Å². The second kappa shape index (κ2) is 5.46. The van der Waals surface area contributed by atoms with E-state index in [1.54, 1.807) is 6.07 Å². The highest BCUT2D eigenvalue weighted by atomic mass is 35.5. The van der Waals surface area contributed by atoms with Gasteiger partial charge in [0.25, 0.3) is 0 Å². The number of nitrogens with one attached hydrogen (secondary N) is 1. The Bertz CT molecular complexity index is 603. The van der Waals surface area contributed by atoms with E-state index in [1.807, 2.05) is 0 Å². The highest BCUT2D eigenvalue weighted by molar-refractivity contribution is 7.89. The summed E-state index contributed by atoms with van der Waals surface area (Å²) in [6.07, 6.45) is 0. The van der Waals surface area contributed by atoms with Crippen molar-refractivity contribution in [2.24, 2.45) is 5.73 Å². The summed E-state index contributed by atoms with van der Waals surface area (Å²) in [5, 5.41) is 2.89. The lowest BCUT2D eigenvalue weighted by Crippen LogP contribution is -2.49. The molecule has 0 radical (unpaired) electrons. The summed E-state index contributed by atoms with van der Waals surface area (Å²) in [5.41, 5.74) is 6.15. The maximum atomic E-state index is 12.3. The smallest absolute Gasteiger partial charge is 0.243 e. The summed E-state index contributed by atoms with van der Waals surface area (Å²) in [7, 11) is -3.70. The Labute approximate surface area is 116 Å². The normalized spacial score (nSPS) is 17.3. The van der Waals surface area contributed by atoms with Crippen molar-refractivity contribution in [2.75, 3.05) is 19.6 Å². The van der Waals surface area contributed by atoms with Gasteiger partial charge in [-0.3, -0.25) is 4.79 Å². The third-order valence-corrected chi connectivity index (χ3v) is 5.08. The molecule has 1 saturated heterocycles. The molecule has 1 heterocycles. The van der Waals surface area contributed by atoms with Crippen LogP contribution in [0.15, 0.2) is 23.1 Å². The van der Waals surface area contributed by atoms with Crippen LogP contribution in [0.5, 0.6) is 0 Å². The summed E-state index contributed by atoms with van der Waals surface area (Å²) in [4.78, 5) is 11.3. The number of amides is 1. The Kier molecular flexibility index (Phi) is 4.10. The minimum absolute atomic E-state index is 0.0735. The van der Waals surface area contributed by atoms with Gasteiger partial charge in [-0.1, -0.05) is 17.7 Å². The van der Waals surface area contributed by atoms with E-state index in [-0.39, 0.29) is 30.4 Å². The molecule has 0 spiro atoms. The molecule has 1 aliphatic heterocycles. The maximum absolute atomic E-state index is 12.3. The fourth-order valence-electron chi connectivity index (χ4n) is 1.82. The number of rotatable bonds is 3. The number of piperazine rings is 1. The number of carbonyl (C=O) groups excluding carboxylic acids is 1. The molecule has 104 valence electrons. The van der Waals surface area contributed by atoms with E-state index in [4.69, 9.17) is 17.3 Å². The zero-order valence-electron chi connectivity index (χ0n) is 10.1. The first-order valence-corrected chi connectivity index (χ1v) is 7.52. The fourth-order valence-corrected chi connectivity index (χ4v) is 3.57. The van der Waals surface area contributed by atoms with E-state index in [0.717, 1.165) is 4.31 Å². The van der Waals surface area contributed by atoms with Crippen molar-refractivity contribution >= 4 is 27.5 Å².